The van der Waals surface area contributed by atoms with E-state index < -0.39 is 22.4 Å². The fourth-order valence-corrected chi connectivity index (χ4v) is 1.33. The number of ether oxygens (including phenoxy) is 1. The van der Waals surface area contributed by atoms with Gasteiger partial charge in [0.25, 0.3) is 0 Å². The number of rotatable bonds is 3. The fourth-order valence-electron chi connectivity index (χ4n) is 1.11. The van der Waals surface area contributed by atoms with Crippen LogP contribution in [0.3, 0.4) is 0 Å². The number of nitrogens with zero attached hydrogens (tertiary/aromatic N) is 1. The molecule has 0 aliphatic heterocycles. The third-order valence-electron chi connectivity index (χ3n) is 1.89. The van der Waals surface area contributed by atoms with E-state index in [9.17, 15) is 19.3 Å². The summed E-state index contributed by atoms with van der Waals surface area (Å²) >= 11 is 5.47. The van der Waals surface area contributed by atoms with Gasteiger partial charge in [0.15, 0.2) is 0 Å². The zero-order chi connectivity index (χ0) is 12.3. The molecule has 0 bridgehead atoms. The maximum absolute atomic E-state index is 13.5. The number of esters is 1. The van der Waals surface area contributed by atoms with Gasteiger partial charge in [0, 0.05) is 5.56 Å². The van der Waals surface area contributed by atoms with Crippen molar-refractivity contribution >= 4 is 23.3 Å². The highest BCUT2D eigenvalue weighted by Gasteiger charge is 2.23. The maximum atomic E-state index is 13.5. The van der Waals surface area contributed by atoms with Crippen molar-refractivity contribution in [1.82, 2.24) is 0 Å². The Balaban J connectivity index is 3.18. The van der Waals surface area contributed by atoms with E-state index >= 15 is 0 Å². The number of carbonyl (C=O) groups excluding carboxylic acids is 1. The summed E-state index contributed by atoms with van der Waals surface area (Å²) in [5.41, 5.74) is -0.953. The highest BCUT2D eigenvalue weighted by atomic mass is 35.5. The molecule has 5 nitrogen and oxygen atoms in total. The molecule has 1 aromatic carbocycles. The van der Waals surface area contributed by atoms with Crippen LogP contribution >= 0.6 is 11.6 Å². The molecule has 1 rings (SSSR count). The first-order valence-corrected chi connectivity index (χ1v) is 4.53. The van der Waals surface area contributed by atoms with Gasteiger partial charge in [-0.1, -0.05) is 17.7 Å². The van der Waals surface area contributed by atoms with Crippen molar-refractivity contribution in [3.63, 3.8) is 0 Å². The number of benzene rings is 1. The van der Waals surface area contributed by atoms with E-state index in [1.807, 2.05) is 0 Å². The van der Waals surface area contributed by atoms with Crippen LogP contribution in [0.15, 0.2) is 12.1 Å². The number of nitro groups is 1. The zero-order valence-corrected chi connectivity index (χ0v) is 8.95. The molecule has 1 aromatic rings. The largest absolute Gasteiger partial charge is 0.469 e. The number of hydrogen-bond donors (Lipinski definition) is 0. The fraction of sp³-hybridized carbons (Fsp3) is 0.222. The highest BCUT2D eigenvalue weighted by Crippen LogP contribution is 2.29. The summed E-state index contributed by atoms with van der Waals surface area (Å²) in [5.74, 6) is -1.79. The van der Waals surface area contributed by atoms with Crippen LogP contribution in [0, 0.1) is 15.9 Å². The summed E-state index contributed by atoms with van der Waals surface area (Å²) in [6.45, 7) is 0. The van der Waals surface area contributed by atoms with Crippen molar-refractivity contribution in [2.75, 3.05) is 7.11 Å². The molecule has 16 heavy (non-hydrogen) atoms. The zero-order valence-electron chi connectivity index (χ0n) is 8.20. The molecule has 0 N–H and O–H groups in total. The van der Waals surface area contributed by atoms with E-state index in [1.54, 1.807) is 0 Å². The van der Waals surface area contributed by atoms with Crippen LogP contribution < -0.4 is 0 Å². The lowest BCUT2D eigenvalue weighted by Gasteiger charge is -2.03. The van der Waals surface area contributed by atoms with Crippen LogP contribution in [0.2, 0.25) is 5.02 Å². The first-order chi connectivity index (χ1) is 7.47. The van der Waals surface area contributed by atoms with Gasteiger partial charge in [-0.2, -0.15) is 4.39 Å². The Morgan fingerprint density at radius 2 is 2.25 bits per heavy atom. The molecule has 0 spiro atoms. The van der Waals surface area contributed by atoms with Crippen molar-refractivity contribution in [1.29, 1.82) is 0 Å². The van der Waals surface area contributed by atoms with Gasteiger partial charge in [-0.3, -0.25) is 14.9 Å². The molecule has 0 aliphatic carbocycles. The molecule has 0 aliphatic rings. The molecule has 0 heterocycles. The molecule has 0 saturated heterocycles. The summed E-state index contributed by atoms with van der Waals surface area (Å²) < 4.78 is 17.9. The second-order valence-corrected chi connectivity index (χ2v) is 3.29. The molecule has 0 atom stereocenters. The highest BCUT2D eigenvalue weighted by molar-refractivity contribution is 6.32. The van der Waals surface area contributed by atoms with E-state index in [-0.39, 0.29) is 17.0 Å². The molecule has 0 aromatic heterocycles. The van der Waals surface area contributed by atoms with Gasteiger partial charge in [-0.15, -0.1) is 0 Å². The minimum Gasteiger partial charge on any atom is -0.469 e. The summed E-state index contributed by atoms with van der Waals surface area (Å²) in [6.07, 6.45) is -0.375. The summed E-state index contributed by atoms with van der Waals surface area (Å²) in [6, 6.07) is 2.38. The normalized spacial score (nSPS) is 9.94. The molecule has 7 heteroatoms. The Bertz CT molecular complexity index is 449. The Labute approximate surface area is 94.9 Å². The van der Waals surface area contributed by atoms with E-state index in [4.69, 9.17) is 11.6 Å². The SMILES string of the molecule is COC(=O)Cc1ccc(Cl)c([N+](=O)[O-])c1F. The molecule has 0 radical (unpaired) electrons. The Morgan fingerprint density at radius 3 is 2.75 bits per heavy atom. The minimum absolute atomic E-state index is 0.122. The van der Waals surface area contributed by atoms with E-state index in [0.29, 0.717) is 0 Å². The van der Waals surface area contributed by atoms with Crippen LogP contribution in [0.5, 0.6) is 0 Å². The minimum atomic E-state index is -1.11. The smallest absolute Gasteiger partial charge is 0.323 e. The third kappa shape index (κ3) is 2.46. The van der Waals surface area contributed by atoms with Gasteiger partial charge in [-0.25, -0.2) is 0 Å². The molecular formula is C9H7ClFNO4. The second kappa shape index (κ2) is 4.89. The van der Waals surface area contributed by atoms with Gasteiger partial charge in [0.05, 0.1) is 18.5 Å². The lowest BCUT2D eigenvalue weighted by molar-refractivity contribution is -0.387. The number of hydrogen-bond acceptors (Lipinski definition) is 4. The average molecular weight is 248 g/mol. The lowest BCUT2D eigenvalue weighted by Crippen LogP contribution is -2.07. The van der Waals surface area contributed by atoms with Crippen LogP contribution in [-0.2, 0) is 16.0 Å². The van der Waals surface area contributed by atoms with E-state index in [0.717, 1.165) is 7.11 Å². The number of nitro benzene ring substituents is 1. The van der Waals surface area contributed by atoms with Crippen molar-refractivity contribution in [2.24, 2.45) is 0 Å². The molecule has 86 valence electrons. The average Bonchev–Trinajstić information content (AvgIpc) is 2.21. The molecule has 0 saturated carbocycles. The molecular weight excluding hydrogens is 241 g/mol. The summed E-state index contributed by atoms with van der Waals surface area (Å²) in [4.78, 5) is 20.5. The monoisotopic (exact) mass is 247 g/mol. The number of carbonyl (C=O) groups is 1. The third-order valence-corrected chi connectivity index (χ3v) is 2.20. The van der Waals surface area contributed by atoms with Gasteiger partial charge in [-0.05, 0) is 6.07 Å². The van der Waals surface area contributed by atoms with Crippen LogP contribution in [-0.4, -0.2) is 18.0 Å². The number of methoxy groups -OCH3 is 1. The Kier molecular flexibility index (Phi) is 3.78. The summed E-state index contributed by atoms with van der Waals surface area (Å²) in [5, 5.41) is 10.2. The first kappa shape index (κ1) is 12.4. The van der Waals surface area contributed by atoms with E-state index in [1.165, 1.54) is 12.1 Å². The Morgan fingerprint density at radius 1 is 1.62 bits per heavy atom. The quantitative estimate of drug-likeness (QED) is 0.466. The maximum Gasteiger partial charge on any atom is 0.323 e. The van der Waals surface area contributed by atoms with Crippen molar-refractivity contribution < 1.29 is 18.8 Å². The topological polar surface area (TPSA) is 69.4 Å². The lowest BCUT2D eigenvalue weighted by atomic mass is 10.1. The Hall–Kier alpha value is -1.69. The molecule has 0 fully saturated rings. The summed E-state index contributed by atoms with van der Waals surface area (Å²) in [7, 11) is 1.14. The van der Waals surface area contributed by atoms with E-state index in [2.05, 4.69) is 4.74 Å². The molecule has 0 unspecified atom stereocenters. The van der Waals surface area contributed by atoms with Crippen molar-refractivity contribution in [3.05, 3.63) is 38.7 Å². The predicted molar refractivity (Wildman–Crippen MR) is 53.8 cm³/mol. The van der Waals surface area contributed by atoms with Crippen LogP contribution in [0.1, 0.15) is 5.56 Å². The predicted octanol–water partition coefficient (Wildman–Crippen LogP) is 2.10. The van der Waals surface area contributed by atoms with Gasteiger partial charge >= 0.3 is 11.7 Å². The van der Waals surface area contributed by atoms with Crippen LogP contribution in [0.4, 0.5) is 10.1 Å². The standard InChI is InChI=1S/C9H7ClFNO4/c1-16-7(13)4-5-2-3-6(10)9(8(5)11)12(14)15/h2-3H,4H2,1H3. The van der Waals surface area contributed by atoms with Crippen molar-refractivity contribution in [2.45, 2.75) is 6.42 Å². The molecule has 0 amide bonds. The van der Waals surface area contributed by atoms with Gasteiger partial charge in [0.2, 0.25) is 5.82 Å². The first-order valence-electron chi connectivity index (χ1n) is 4.15. The van der Waals surface area contributed by atoms with Crippen LogP contribution in [0.25, 0.3) is 0 Å². The second-order valence-electron chi connectivity index (χ2n) is 2.88. The van der Waals surface area contributed by atoms with Crippen molar-refractivity contribution in [3.8, 4) is 0 Å². The number of halogens is 2. The van der Waals surface area contributed by atoms with Gasteiger partial charge < -0.3 is 4.74 Å². The van der Waals surface area contributed by atoms with Gasteiger partial charge in [0.1, 0.15) is 5.02 Å².